The predicted octanol–water partition coefficient (Wildman–Crippen LogP) is 3.45. The van der Waals surface area contributed by atoms with Crippen LogP contribution in [-0.2, 0) is 0 Å². The molecule has 122 valence electrons. The Bertz CT molecular complexity index is 900. The average molecular weight is 320 g/mol. The number of hydrogen-bond donors (Lipinski definition) is 2. The molecule has 4 heteroatoms. The van der Waals surface area contributed by atoms with E-state index in [2.05, 4.69) is 29.4 Å². The van der Waals surface area contributed by atoms with Gasteiger partial charge in [0.05, 0.1) is 0 Å². The fraction of sp³-hybridized carbons (Fsp3) is 0.200. The highest BCUT2D eigenvalue weighted by molar-refractivity contribution is 5.96. The molecule has 1 heterocycles. The van der Waals surface area contributed by atoms with E-state index in [0.717, 1.165) is 11.8 Å². The molecule has 0 unspecified atom stereocenters. The van der Waals surface area contributed by atoms with Gasteiger partial charge < -0.3 is 10.3 Å². The molecule has 0 radical (unpaired) electrons. The number of H-pyrrole nitrogens is 1. The third-order valence-electron chi connectivity index (χ3n) is 4.27. The Labute approximate surface area is 140 Å². The number of rotatable bonds is 5. The van der Waals surface area contributed by atoms with Crippen LogP contribution in [0.25, 0.3) is 10.8 Å². The molecular weight excluding hydrogens is 300 g/mol. The van der Waals surface area contributed by atoms with Crippen molar-refractivity contribution in [2.75, 3.05) is 6.54 Å². The minimum Gasteiger partial charge on any atom is -0.350 e. The molecule has 0 aliphatic heterocycles. The number of carbonyl (C=O) groups excluding carboxylic acids is 1. The number of aromatic nitrogens is 1. The van der Waals surface area contributed by atoms with Gasteiger partial charge in [-0.3, -0.25) is 9.59 Å². The monoisotopic (exact) mass is 320 g/mol. The van der Waals surface area contributed by atoms with E-state index in [1.54, 1.807) is 12.1 Å². The summed E-state index contributed by atoms with van der Waals surface area (Å²) >= 11 is 0. The van der Waals surface area contributed by atoms with E-state index in [-0.39, 0.29) is 17.4 Å². The maximum atomic E-state index is 12.4. The number of nitrogens with one attached hydrogen (secondary N) is 2. The van der Waals surface area contributed by atoms with Crippen LogP contribution in [0.1, 0.15) is 35.3 Å². The van der Waals surface area contributed by atoms with E-state index in [1.807, 2.05) is 36.4 Å². The molecule has 0 saturated heterocycles. The SMILES string of the molecule is CC[C@H](CNC(=O)c1cc2ccccc2c(=O)[nH]1)c1ccccc1. The Balaban J connectivity index is 1.76. The predicted molar refractivity (Wildman–Crippen MR) is 96.4 cm³/mol. The molecule has 0 aliphatic rings. The van der Waals surface area contributed by atoms with Gasteiger partial charge in [-0.2, -0.15) is 0 Å². The number of hydrogen-bond acceptors (Lipinski definition) is 2. The highest BCUT2D eigenvalue weighted by Crippen LogP contribution is 2.18. The molecule has 1 amide bonds. The van der Waals surface area contributed by atoms with E-state index >= 15 is 0 Å². The maximum absolute atomic E-state index is 12.4. The normalized spacial score (nSPS) is 12.0. The number of aromatic amines is 1. The van der Waals surface area contributed by atoms with Gasteiger partial charge in [-0.1, -0.05) is 55.5 Å². The maximum Gasteiger partial charge on any atom is 0.267 e. The highest BCUT2D eigenvalue weighted by atomic mass is 16.2. The second-order valence-corrected chi connectivity index (χ2v) is 5.83. The van der Waals surface area contributed by atoms with Crippen LogP contribution in [-0.4, -0.2) is 17.4 Å². The van der Waals surface area contributed by atoms with Crippen LogP contribution in [0.5, 0.6) is 0 Å². The third kappa shape index (κ3) is 3.38. The topological polar surface area (TPSA) is 62.0 Å². The summed E-state index contributed by atoms with van der Waals surface area (Å²) < 4.78 is 0. The lowest BCUT2D eigenvalue weighted by Gasteiger charge is -2.16. The van der Waals surface area contributed by atoms with Crippen molar-refractivity contribution in [3.63, 3.8) is 0 Å². The van der Waals surface area contributed by atoms with Gasteiger partial charge in [-0.25, -0.2) is 0 Å². The quantitative estimate of drug-likeness (QED) is 0.756. The lowest BCUT2D eigenvalue weighted by molar-refractivity contribution is 0.0946. The fourth-order valence-corrected chi connectivity index (χ4v) is 2.87. The Morgan fingerprint density at radius 1 is 1.08 bits per heavy atom. The first-order chi connectivity index (χ1) is 11.7. The molecule has 0 fully saturated rings. The summed E-state index contributed by atoms with van der Waals surface area (Å²) in [6.45, 7) is 2.63. The molecular formula is C20H20N2O2. The minimum atomic E-state index is -0.257. The summed E-state index contributed by atoms with van der Waals surface area (Å²) in [6, 6.07) is 19.1. The van der Waals surface area contributed by atoms with Crippen LogP contribution in [0.2, 0.25) is 0 Å². The number of benzene rings is 2. The van der Waals surface area contributed by atoms with E-state index in [1.165, 1.54) is 5.56 Å². The molecule has 3 rings (SSSR count). The van der Waals surface area contributed by atoms with E-state index in [9.17, 15) is 9.59 Å². The van der Waals surface area contributed by atoms with Gasteiger partial charge in [0.1, 0.15) is 5.69 Å². The van der Waals surface area contributed by atoms with Gasteiger partial charge in [0.15, 0.2) is 0 Å². The van der Waals surface area contributed by atoms with Crippen molar-refractivity contribution in [1.82, 2.24) is 10.3 Å². The summed E-state index contributed by atoms with van der Waals surface area (Å²) in [5.41, 5.74) is 1.25. The first-order valence-electron chi connectivity index (χ1n) is 8.14. The molecule has 0 saturated carbocycles. The first kappa shape index (κ1) is 16.0. The van der Waals surface area contributed by atoms with Crippen LogP contribution in [0.15, 0.2) is 65.5 Å². The Hall–Kier alpha value is -2.88. The van der Waals surface area contributed by atoms with Gasteiger partial charge in [0, 0.05) is 17.8 Å². The van der Waals surface area contributed by atoms with Crippen LogP contribution in [0.4, 0.5) is 0 Å². The molecule has 0 bridgehead atoms. The van der Waals surface area contributed by atoms with E-state index in [0.29, 0.717) is 17.6 Å². The van der Waals surface area contributed by atoms with Crippen molar-refractivity contribution in [1.29, 1.82) is 0 Å². The summed E-state index contributed by atoms with van der Waals surface area (Å²) in [5.74, 6) is -0.00503. The van der Waals surface area contributed by atoms with Gasteiger partial charge in [-0.15, -0.1) is 0 Å². The largest absolute Gasteiger partial charge is 0.350 e. The van der Waals surface area contributed by atoms with Crippen molar-refractivity contribution in [3.8, 4) is 0 Å². The first-order valence-corrected chi connectivity index (χ1v) is 8.14. The average Bonchev–Trinajstić information content (AvgIpc) is 2.63. The summed E-state index contributed by atoms with van der Waals surface area (Å²) in [7, 11) is 0. The Morgan fingerprint density at radius 3 is 2.54 bits per heavy atom. The molecule has 3 aromatic rings. The molecule has 2 N–H and O–H groups in total. The van der Waals surface area contributed by atoms with Gasteiger partial charge in [-0.05, 0) is 29.5 Å². The van der Waals surface area contributed by atoms with Crippen molar-refractivity contribution < 1.29 is 4.79 Å². The smallest absolute Gasteiger partial charge is 0.267 e. The number of amides is 1. The van der Waals surface area contributed by atoms with Crippen LogP contribution in [0, 0.1) is 0 Å². The minimum absolute atomic E-state index is 0.242. The summed E-state index contributed by atoms with van der Waals surface area (Å²) in [5, 5.41) is 4.28. The molecule has 1 aromatic heterocycles. The van der Waals surface area contributed by atoms with Crippen LogP contribution in [0.3, 0.4) is 0 Å². The Morgan fingerprint density at radius 2 is 1.79 bits per heavy atom. The standard InChI is InChI=1S/C20H20N2O2/c1-2-14(15-8-4-3-5-9-15)13-21-20(24)18-12-16-10-6-7-11-17(16)19(23)22-18/h3-12,14H,2,13H2,1H3,(H,21,24)(H,22,23)/t14-/m1/s1. The second-order valence-electron chi connectivity index (χ2n) is 5.83. The van der Waals surface area contributed by atoms with Gasteiger partial charge in [0.2, 0.25) is 0 Å². The van der Waals surface area contributed by atoms with Gasteiger partial charge in [0.25, 0.3) is 11.5 Å². The van der Waals surface area contributed by atoms with Crippen molar-refractivity contribution in [3.05, 3.63) is 82.3 Å². The van der Waals surface area contributed by atoms with Crippen LogP contribution < -0.4 is 10.9 Å². The zero-order valence-electron chi connectivity index (χ0n) is 13.6. The second kappa shape index (κ2) is 7.13. The van der Waals surface area contributed by atoms with E-state index < -0.39 is 0 Å². The molecule has 0 aliphatic carbocycles. The van der Waals surface area contributed by atoms with Crippen molar-refractivity contribution >= 4 is 16.7 Å². The summed E-state index contributed by atoms with van der Waals surface area (Å²) in [4.78, 5) is 27.2. The summed E-state index contributed by atoms with van der Waals surface area (Å²) in [6.07, 6.45) is 0.929. The fourth-order valence-electron chi connectivity index (χ4n) is 2.87. The molecule has 1 atom stereocenters. The lowest BCUT2D eigenvalue weighted by atomic mass is 9.96. The number of pyridine rings is 1. The van der Waals surface area contributed by atoms with Crippen molar-refractivity contribution in [2.45, 2.75) is 19.3 Å². The highest BCUT2D eigenvalue weighted by Gasteiger charge is 2.13. The van der Waals surface area contributed by atoms with Gasteiger partial charge >= 0.3 is 0 Å². The molecule has 24 heavy (non-hydrogen) atoms. The number of carbonyl (C=O) groups is 1. The van der Waals surface area contributed by atoms with Crippen LogP contribution >= 0.6 is 0 Å². The molecule has 0 spiro atoms. The number of fused-ring (bicyclic) bond motifs is 1. The zero-order chi connectivity index (χ0) is 16.9. The van der Waals surface area contributed by atoms with Crippen molar-refractivity contribution in [2.24, 2.45) is 0 Å². The lowest BCUT2D eigenvalue weighted by Crippen LogP contribution is -2.30. The van der Waals surface area contributed by atoms with E-state index in [4.69, 9.17) is 0 Å². The third-order valence-corrected chi connectivity index (χ3v) is 4.27. The molecule has 4 nitrogen and oxygen atoms in total. The zero-order valence-corrected chi connectivity index (χ0v) is 13.6. The molecule has 2 aromatic carbocycles. The Kier molecular flexibility index (Phi) is 4.75.